The van der Waals surface area contributed by atoms with E-state index in [1.165, 1.54) is 7.11 Å². The molecule has 1 aromatic heterocycles. The van der Waals surface area contributed by atoms with Gasteiger partial charge in [-0.15, -0.1) is 0 Å². The smallest absolute Gasteiger partial charge is 0.412 e. The normalized spacial score (nSPS) is 14.7. The van der Waals surface area contributed by atoms with Crippen LogP contribution < -0.4 is 5.32 Å². The number of anilines is 1. The van der Waals surface area contributed by atoms with Crippen LogP contribution in [-0.4, -0.2) is 30.4 Å². The Morgan fingerprint density at radius 3 is 2.49 bits per heavy atom. The lowest BCUT2D eigenvalue weighted by Gasteiger charge is -2.15. The lowest BCUT2D eigenvalue weighted by Crippen LogP contribution is -2.26. The Morgan fingerprint density at radius 1 is 1.11 bits per heavy atom. The lowest BCUT2D eigenvalue weighted by molar-refractivity contribution is -0.155. The largest absolute Gasteiger partial charge is 0.467 e. The highest BCUT2D eigenvalue weighted by atomic mass is 16.6. The molecule has 2 aromatic carbocycles. The summed E-state index contributed by atoms with van der Waals surface area (Å²) in [5.74, 6) is 0.639. The van der Waals surface area contributed by atoms with Gasteiger partial charge in [-0.1, -0.05) is 72.6 Å². The quantitative estimate of drug-likeness (QED) is 0.367. The maximum absolute atomic E-state index is 12.5. The van der Waals surface area contributed by atoms with Crippen molar-refractivity contribution in [2.75, 3.05) is 12.4 Å². The number of rotatable bonds is 10. The van der Waals surface area contributed by atoms with Crippen LogP contribution in [0.4, 0.5) is 10.5 Å². The van der Waals surface area contributed by atoms with Crippen molar-refractivity contribution in [2.45, 2.75) is 51.9 Å². The van der Waals surface area contributed by atoms with Crippen LogP contribution in [0.15, 0.2) is 59.1 Å². The van der Waals surface area contributed by atoms with Gasteiger partial charge in [0.05, 0.1) is 13.7 Å². The average molecular weight is 479 g/mol. The number of aryl methyl sites for hydroxylation is 1. The first kappa shape index (κ1) is 24.5. The molecule has 8 nitrogen and oxygen atoms in total. The number of carbonyl (C=O) groups excluding carboxylic acids is 2. The number of hydrogen-bond acceptors (Lipinski definition) is 7. The van der Waals surface area contributed by atoms with Gasteiger partial charge in [-0.2, -0.15) is 0 Å². The molecule has 0 bridgehead atoms. The zero-order valence-corrected chi connectivity index (χ0v) is 20.2. The molecule has 184 valence electrons. The number of nitrogens with zero attached hydrogens (tertiary/aromatic N) is 1. The van der Waals surface area contributed by atoms with Crippen LogP contribution in [0.5, 0.6) is 0 Å². The van der Waals surface area contributed by atoms with Crippen LogP contribution in [-0.2, 0) is 25.6 Å². The fourth-order valence-corrected chi connectivity index (χ4v) is 3.77. The summed E-state index contributed by atoms with van der Waals surface area (Å²) in [6.07, 6.45) is 1.41. The Bertz CT molecular complexity index is 1140. The van der Waals surface area contributed by atoms with Crippen molar-refractivity contribution in [1.29, 1.82) is 0 Å². The molecular formula is C27H30N2O6. The molecule has 1 heterocycles. The second kappa shape index (κ2) is 11.2. The molecule has 0 aliphatic heterocycles. The highest BCUT2D eigenvalue weighted by Gasteiger charge is 2.30. The maximum atomic E-state index is 12.5. The van der Waals surface area contributed by atoms with Crippen molar-refractivity contribution in [2.24, 2.45) is 5.92 Å². The van der Waals surface area contributed by atoms with Crippen LogP contribution in [0, 0.1) is 12.8 Å². The Labute approximate surface area is 204 Å². The zero-order chi connectivity index (χ0) is 24.8. The Morgan fingerprint density at radius 2 is 1.83 bits per heavy atom. The van der Waals surface area contributed by atoms with Crippen molar-refractivity contribution < 1.29 is 28.3 Å². The number of hydrogen-bond donors (Lipinski definition) is 1. The number of nitrogens with one attached hydrogen (secondary N) is 1. The SMILES string of the molecule is COC(=O)[C@H](CC1CC1)OCc1ccc(-c2onc(C)c2NC(=O)OC(C)c2ccccc2)cc1. The second-order valence-electron chi connectivity index (χ2n) is 8.75. The second-order valence-corrected chi connectivity index (χ2v) is 8.75. The molecule has 1 aliphatic carbocycles. The first-order valence-corrected chi connectivity index (χ1v) is 11.7. The summed E-state index contributed by atoms with van der Waals surface area (Å²) in [5.41, 5.74) is 3.53. The van der Waals surface area contributed by atoms with E-state index < -0.39 is 18.3 Å². The maximum Gasteiger partial charge on any atom is 0.412 e. The van der Waals surface area contributed by atoms with Crippen LogP contribution in [0.25, 0.3) is 11.3 Å². The molecule has 1 unspecified atom stereocenters. The van der Waals surface area contributed by atoms with Gasteiger partial charge in [0.2, 0.25) is 0 Å². The molecule has 0 radical (unpaired) electrons. The van der Waals surface area contributed by atoms with Gasteiger partial charge in [-0.05, 0) is 37.3 Å². The standard InChI is InChI=1S/C27H30N2O6/c1-17-24(28-27(31)34-18(2)21-7-5-4-6-8-21)25(35-29-17)22-13-11-20(12-14-22)16-33-23(26(30)32-3)15-19-9-10-19/h4-8,11-14,18-19,23H,9-10,15-16H2,1-3H3,(H,28,31)/t18?,23-/m0/s1. The lowest BCUT2D eigenvalue weighted by atomic mass is 10.1. The topological polar surface area (TPSA) is 99.9 Å². The Hall–Kier alpha value is -3.65. The van der Waals surface area contributed by atoms with Crippen LogP contribution >= 0.6 is 0 Å². The molecule has 1 fully saturated rings. The van der Waals surface area contributed by atoms with Crippen LogP contribution in [0.2, 0.25) is 0 Å². The number of esters is 1. The fraction of sp³-hybridized carbons (Fsp3) is 0.370. The summed E-state index contributed by atoms with van der Waals surface area (Å²) in [6.45, 7) is 3.85. The molecule has 2 atom stereocenters. The predicted molar refractivity (Wildman–Crippen MR) is 130 cm³/mol. The van der Waals surface area contributed by atoms with Crippen molar-refractivity contribution in [1.82, 2.24) is 5.16 Å². The van der Waals surface area contributed by atoms with Gasteiger partial charge in [0.1, 0.15) is 17.5 Å². The van der Waals surface area contributed by atoms with E-state index in [0.29, 0.717) is 29.5 Å². The van der Waals surface area contributed by atoms with E-state index in [1.54, 1.807) is 6.92 Å². The minimum atomic E-state index is -0.594. The van der Waals surface area contributed by atoms with Crippen LogP contribution in [0.3, 0.4) is 0 Å². The fourth-order valence-electron chi connectivity index (χ4n) is 3.77. The molecule has 1 N–H and O–H groups in total. The third-order valence-corrected chi connectivity index (χ3v) is 6.02. The third kappa shape index (κ3) is 6.48. The number of methoxy groups -OCH3 is 1. The molecule has 3 aromatic rings. The number of ether oxygens (including phenoxy) is 3. The third-order valence-electron chi connectivity index (χ3n) is 6.02. The average Bonchev–Trinajstić information content (AvgIpc) is 3.63. The van der Waals surface area contributed by atoms with Crippen LogP contribution in [0.1, 0.15) is 49.1 Å². The number of amides is 1. The molecule has 0 saturated heterocycles. The predicted octanol–water partition coefficient (Wildman–Crippen LogP) is 5.82. The number of benzene rings is 2. The molecule has 8 heteroatoms. The summed E-state index contributed by atoms with van der Waals surface area (Å²) in [6, 6.07) is 17.0. The van der Waals surface area contributed by atoms with E-state index in [1.807, 2.05) is 61.5 Å². The van der Waals surface area contributed by atoms with Gasteiger partial charge in [0.15, 0.2) is 11.9 Å². The summed E-state index contributed by atoms with van der Waals surface area (Å²) in [5, 5.41) is 6.77. The van der Waals surface area contributed by atoms with E-state index in [2.05, 4.69) is 10.5 Å². The number of carbonyl (C=O) groups is 2. The minimum absolute atomic E-state index is 0.289. The van der Waals surface area contributed by atoms with Gasteiger partial charge < -0.3 is 18.7 Å². The Balaban J connectivity index is 1.39. The zero-order valence-electron chi connectivity index (χ0n) is 20.2. The highest BCUT2D eigenvalue weighted by molar-refractivity contribution is 5.90. The Kier molecular flexibility index (Phi) is 7.82. The summed E-state index contributed by atoms with van der Waals surface area (Å²) in [7, 11) is 1.38. The molecule has 1 saturated carbocycles. The summed E-state index contributed by atoms with van der Waals surface area (Å²) >= 11 is 0. The van der Waals surface area contributed by atoms with Crippen molar-refractivity contribution >= 4 is 17.7 Å². The van der Waals surface area contributed by atoms with Crippen molar-refractivity contribution in [3.05, 3.63) is 71.4 Å². The summed E-state index contributed by atoms with van der Waals surface area (Å²) in [4.78, 5) is 24.5. The number of aromatic nitrogens is 1. The van der Waals surface area contributed by atoms with Gasteiger partial charge in [0, 0.05) is 5.56 Å². The van der Waals surface area contributed by atoms with Gasteiger partial charge in [-0.3, -0.25) is 5.32 Å². The van der Waals surface area contributed by atoms with E-state index in [0.717, 1.165) is 29.5 Å². The van der Waals surface area contributed by atoms with E-state index in [9.17, 15) is 9.59 Å². The molecular weight excluding hydrogens is 448 g/mol. The van der Waals surface area contributed by atoms with E-state index in [-0.39, 0.29) is 12.6 Å². The van der Waals surface area contributed by atoms with Gasteiger partial charge >= 0.3 is 12.1 Å². The van der Waals surface area contributed by atoms with E-state index in [4.69, 9.17) is 18.7 Å². The minimum Gasteiger partial charge on any atom is -0.467 e. The van der Waals surface area contributed by atoms with Gasteiger partial charge in [0.25, 0.3) is 0 Å². The van der Waals surface area contributed by atoms with E-state index >= 15 is 0 Å². The monoisotopic (exact) mass is 478 g/mol. The molecule has 1 amide bonds. The highest BCUT2D eigenvalue weighted by Crippen LogP contribution is 2.35. The molecule has 0 spiro atoms. The molecule has 35 heavy (non-hydrogen) atoms. The first-order valence-electron chi connectivity index (χ1n) is 11.7. The van der Waals surface area contributed by atoms with Gasteiger partial charge in [-0.25, -0.2) is 9.59 Å². The van der Waals surface area contributed by atoms with Crippen molar-refractivity contribution in [3.63, 3.8) is 0 Å². The van der Waals surface area contributed by atoms with Crippen molar-refractivity contribution in [3.8, 4) is 11.3 Å². The molecule has 4 rings (SSSR count). The molecule has 1 aliphatic rings. The first-order chi connectivity index (χ1) is 16.9. The summed E-state index contributed by atoms with van der Waals surface area (Å²) < 4.78 is 21.7.